The zero-order valence-electron chi connectivity index (χ0n) is 17.4. The lowest BCUT2D eigenvalue weighted by Crippen LogP contribution is -2.39. The highest BCUT2D eigenvalue weighted by atomic mass is 127. The van der Waals surface area contributed by atoms with Crippen molar-refractivity contribution in [1.82, 2.24) is 10.2 Å². The van der Waals surface area contributed by atoms with Crippen molar-refractivity contribution in [3.05, 3.63) is 59.7 Å². The van der Waals surface area contributed by atoms with Crippen LogP contribution in [0.15, 0.2) is 53.5 Å². The Kier molecular flexibility index (Phi) is 11.6. The zero-order chi connectivity index (χ0) is 21.9. The topological polar surface area (TPSA) is 89.2 Å². The summed E-state index contributed by atoms with van der Waals surface area (Å²) in [7, 11) is 3.59. The van der Waals surface area contributed by atoms with Crippen LogP contribution in [0.25, 0.3) is 0 Å². The molecule has 0 aliphatic rings. The van der Waals surface area contributed by atoms with Gasteiger partial charge in [0.1, 0.15) is 11.5 Å². The molecule has 0 saturated carbocycles. The maximum Gasteiger partial charge on any atom is 0.387 e. The quantitative estimate of drug-likeness (QED) is 0.271. The van der Waals surface area contributed by atoms with E-state index in [1.165, 1.54) is 12.1 Å². The van der Waals surface area contributed by atoms with Gasteiger partial charge in [0, 0.05) is 27.2 Å². The summed E-state index contributed by atoms with van der Waals surface area (Å²) in [5.41, 5.74) is 7.09. The minimum Gasteiger partial charge on any atom is -0.484 e. The van der Waals surface area contributed by atoms with Gasteiger partial charge in [-0.1, -0.05) is 24.3 Å². The lowest BCUT2D eigenvalue weighted by Gasteiger charge is -2.22. The average molecular weight is 548 g/mol. The van der Waals surface area contributed by atoms with E-state index in [2.05, 4.69) is 15.0 Å². The molecule has 0 spiro atoms. The highest BCUT2D eigenvalue weighted by Crippen LogP contribution is 2.16. The van der Waals surface area contributed by atoms with E-state index < -0.39 is 12.5 Å². The van der Waals surface area contributed by atoms with Gasteiger partial charge in [-0.15, -0.1) is 24.0 Å². The molecule has 0 unspecified atom stereocenters. The molecular weight excluding hydrogens is 521 g/mol. The second-order valence-corrected chi connectivity index (χ2v) is 6.50. The third-order valence-electron chi connectivity index (χ3n) is 4.14. The van der Waals surface area contributed by atoms with Crippen LogP contribution in [0.5, 0.6) is 11.5 Å². The monoisotopic (exact) mass is 548 g/mol. The number of ether oxygens (including phenoxy) is 2. The molecule has 2 aromatic rings. The largest absolute Gasteiger partial charge is 0.484 e. The van der Waals surface area contributed by atoms with Crippen molar-refractivity contribution >= 4 is 35.8 Å². The van der Waals surface area contributed by atoms with Crippen molar-refractivity contribution in [1.29, 1.82) is 0 Å². The van der Waals surface area contributed by atoms with E-state index in [9.17, 15) is 13.6 Å². The van der Waals surface area contributed by atoms with Crippen molar-refractivity contribution in [2.45, 2.75) is 19.6 Å². The third-order valence-corrected chi connectivity index (χ3v) is 4.14. The number of amides is 1. The Bertz CT molecular complexity index is 834. The Labute approximate surface area is 197 Å². The number of rotatable bonds is 10. The lowest BCUT2D eigenvalue weighted by molar-refractivity contribution is -0.119. The molecule has 2 aromatic carbocycles. The van der Waals surface area contributed by atoms with Gasteiger partial charge >= 0.3 is 6.61 Å². The molecule has 7 nitrogen and oxygen atoms in total. The molecule has 0 saturated heterocycles. The fourth-order valence-corrected chi connectivity index (χ4v) is 2.74. The average Bonchev–Trinajstić information content (AvgIpc) is 2.71. The highest BCUT2D eigenvalue weighted by molar-refractivity contribution is 14.0. The Morgan fingerprint density at radius 1 is 1.10 bits per heavy atom. The minimum atomic E-state index is -2.83. The SMILES string of the molecule is CN=C(NCCc1ccc(OCC(N)=O)cc1)N(C)Cc1ccc(OC(F)F)cc1.I. The standard InChI is InChI=1S/C21H26F2N4O3.HI/c1-25-21(27(2)13-16-5-9-18(10-6-16)30-20(22)23)26-12-11-15-3-7-17(8-4-15)29-14-19(24)28;/h3-10,20H,11-14H2,1-2H3,(H2,24,28)(H,25,26);1H. The summed E-state index contributed by atoms with van der Waals surface area (Å²) in [6, 6.07) is 13.9. The van der Waals surface area contributed by atoms with Gasteiger partial charge in [0.2, 0.25) is 0 Å². The van der Waals surface area contributed by atoms with Crippen molar-refractivity contribution in [2.24, 2.45) is 10.7 Å². The van der Waals surface area contributed by atoms with Gasteiger partial charge in [-0.05, 0) is 41.8 Å². The van der Waals surface area contributed by atoms with Gasteiger partial charge in [0.15, 0.2) is 12.6 Å². The second kappa shape index (κ2) is 13.6. The number of carbonyl (C=O) groups excluding carboxylic acids is 1. The van der Waals surface area contributed by atoms with Crippen LogP contribution in [-0.4, -0.2) is 50.6 Å². The molecule has 1 amide bonds. The van der Waals surface area contributed by atoms with Gasteiger partial charge < -0.3 is 25.4 Å². The molecule has 0 bridgehead atoms. The molecule has 0 atom stereocenters. The van der Waals surface area contributed by atoms with Crippen LogP contribution in [0.2, 0.25) is 0 Å². The van der Waals surface area contributed by atoms with Gasteiger partial charge in [-0.2, -0.15) is 8.78 Å². The Balaban J connectivity index is 0.00000480. The van der Waals surface area contributed by atoms with E-state index >= 15 is 0 Å². The number of aliphatic imine (C=N–C) groups is 1. The van der Waals surface area contributed by atoms with Crippen LogP contribution in [0.1, 0.15) is 11.1 Å². The Hall–Kier alpha value is -2.63. The molecule has 2 rings (SSSR count). The maximum absolute atomic E-state index is 12.2. The summed E-state index contributed by atoms with van der Waals surface area (Å²) in [6.45, 7) is -1.76. The summed E-state index contributed by atoms with van der Waals surface area (Å²) in [6.07, 6.45) is 0.766. The number of guanidine groups is 1. The molecule has 0 aromatic heterocycles. The molecule has 10 heteroatoms. The Morgan fingerprint density at radius 3 is 2.23 bits per heavy atom. The van der Waals surface area contributed by atoms with Crippen molar-refractivity contribution in [3.63, 3.8) is 0 Å². The second-order valence-electron chi connectivity index (χ2n) is 6.50. The number of carbonyl (C=O) groups is 1. The fourth-order valence-electron chi connectivity index (χ4n) is 2.74. The van der Waals surface area contributed by atoms with Crippen molar-refractivity contribution in [3.8, 4) is 11.5 Å². The van der Waals surface area contributed by atoms with Crippen molar-refractivity contribution in [2.75, 3.05) is 27.2 Å². The number of hydrogen-bond donors (Lipinski definition) is 2. The van der Waals surface area contributed by atoms with Crippen LogP contribution in [0, 0.1) is 0 Å². The minimum absolute atomic E-state index is 0. The number of hydrogen-bond acceptors (Lipinski definition) is 4. The number of benzene rings is 2. The third kappa shape index (κ3) is 9.81. The van der Waals surface area contributed by atoms with Gasteiger partial charge in [-0.3, -0.25) is 9.79 Å². The number of alkyl halides is 2. The molecule has 0 radical (unpaired) electrons. The van der Waals surface area contributed by atoms with E-state index in [4.69, 9.17) is 10.5 Å². The van der Waals surface area contributed by atoms with Crippen LogP contribution < -0.4 is 20.5 Å². The van der Waals surface area contributed by atoms with E-state index in [0.29, 0.717) is 24.8 Å². The van der Waals surface area contributed by atoms with Crippen LogP contribution >= 0.6 is 24.0 Å². The highest BCUT2D eigenvalue weighted by Gasteiger charge is 2.08. The summed E-state index contributed by atoms with van der Waals surface area (Å²) >= 11 is 0. The number of halogens is 3. The van der Waals surface area contributed by atoms with Gasteiger partial charge in [0.05, 0.1) is 0 Å². The first-order chi connectivity index (χ1) is 14.4. The first-order valence-corrected chi connectivity index (χ1v) is 9.33. The van der Waals surface area contributed by atoms with E-state index in [-0.39, 0.29) is 36.3 Å². The summed E-state index contributed by atoms with van der Waals surface area (Å²) in [5, 5.41) is 3.29. The number of nitrogens with one attached hydrogen (secondary N) is 1. The fraction of sp³-hybridized carbons (Fsp3) is 0.333. The first-order valence-electron chi connectivity index (χ1n) is 9.33. The lowest BCUT2D eigenvalue weighted by atomic mass is 10.1. The van der Waals surface area contributed by atoms with E-state index in [1.54, 1.807) is 31.3 Å². The number of nitrogens with two attached hydrogens (primary N) is 1. The number of nitrogens with zero attached hydrogens (tertiary/aromatic N) is 2. The Morgan fingerprint density at radius 2 is 1.68 bits per heavy atom. The van der Waals surface area contributed by atoms with Gasteiger partial charge in [0.25, 0.3) is 5.91 Å². The van der Waals surface area contributed by atoms with E-state index in [0.717, 1.165) is 17.5 Å². The molecule has 0 heterocycles. The first kappa shape index (κ1) is 26.4. The smallest absolute Gasteiger partial charge is 0.387 e. The summed E-state index contributed by atoms with van der Waals surface area (Å²) < 4.78 is 34.1. The van der Waals surface area contributed by atoms with E-state index in [1.807, 2.05) is 24.1 Å². The van der Waals surface area contributed by atoms with Crippen LogP contribution in [0.3, 0.4) is 0 Å². The molecule has 0 fully saturated rings. The summed E-state index contributed by atoms with van der Waals surface area (Å²) in [4.78, 5) is 16.9. The number of primary amides is 1. The maximum atomic E-state index is 12.2. The predicted octanol–water partition coefficient (Wildman–Crippen LogP) is 3.02. The zero-order valence-corrected chi connectivity index (χ0v) is 19.7. The van der Waals surface area contributed by atoms with Gasteiger partial charge in [-0.25, -0.2) is 0 Å². The molecule has 3 N–H and O–H groups in total. The van der Waals surface area contributed by atoms with Crippen LogP contribution in [0.4, 0.5) is 8.78 Å². The predicted molar refractivity (Wildman–Crippen MR) is 126 cm³/mol. The van der Waals surface area contributed by atoms with Crippen LogP contribution in [-0.2, 0) is 17.8 Å². The molecular formula is C21H27F2IN4O3. The molecule has 0 aliphatic carbocycles. The summed E-state index contributed by atoms with van der Waals surface area (Å²) in [5.74, 6) is 0.913. The molecule has 31 heavy (non-hydrogen) atoms. The normalized spacial score (nSPS) is 10.9. The van der Waals surface area contributed by atoms with Crippen molar-refractivity contribution < 1.29 is 23.0 Å². The molecule has 0 aliphatic heterocycles. The molecule has 170 valence electrons.